The normalized spacial score (nSPS) is 15.9. The standard InChI is InChI=1S/C17H19F3N4OS/c1-11-21-14(17(18,19)20)10-15(22-11)24-6-4-12(5-7-24)23-16(25)9-13-3-2-8-26-13/h2-3,8,10,12H,4-7,9H2,1H3,(H,23,25). The number of rotatable bonds is 4. The van der Waals surface area contributed by atoms with Crippen molar-refractivity contribution in [1.82, 2.24) is 15.3 Å². The van der Waals surface area contributed by atoms with Crippen LogP contribution in [0.2, 0.25) is 0 Å². The van der Waals surface area contributed by atoms with Crippen molar-refractivity contribution >= 4 is 23.1 Å². The van der Waals surface area contributed by atoms with E-state index in [1.165, 1.54) is 6.92 Å². The van der Waals surface area contributed by atoms with Gasteiger partial charge < -0.3 is 10.2 Å². The van der Waals surface area contributed by atoms with Crippen molar-refractivity contribution in [3.05, 3.63) is 40.0 Å². The average Bonchev–Trinajstić information content (AvgIpc) is 3.07. The highest BCUT2D eigenvalue weighted by molar-refractivity contribution is 7.10. The Morgan fingerprint density at radius 2 is 2.08 bits per heavy atom. The summed E-state index contributed by atoms with van der Waals surface area (Å²) in [6, 6.07) is 4.85. The number of thiophene rings is 1. The van der Waals surface area contributed by atoms with Crippen molar-refractivity contribution in [2.75, 3.05) is 18.0 Å². The van der Waals surface area contributed by atoms with Crippen LogP contribution in [0.1, 0.15) is 29.2 Å². The van der Waals surface area contributed by atoms with Gasteiger partial charge in [0, 0.05) is 30.1 Å². The fourth-order valence-corrected chi connectivity index (χ4v) is 3.67. The predicted molar refractivity (Wildman–Crippen MR) is 93.2 cm³/mol. The molecule has 0 aromatic carbocycles. The van der Waals surface area contributed by atoms with Gasteiger partial charge in [-0.25, -0.2) is 9.97 Å². The van der Waals surface area contributed by atoms with E-state index in [0.29, 0.717) is 32.4 Å². The SMILES string of the molecule is Cc1nc(N2CCC(NC(=O)Cc3cccs3)CC2)cc(C(F)(F)F)n1. The third kappa shape index (κ3) is 4.72. The van der Waals surface area contributed by atoms with Gasteiger partial charge in [-0.1, -0.05) is 6.07 Å². The summed E-state index contributed by atoms with van der Waals surface area (Å²) < 4.78 is 38.8. The number of nitrogens with one attached hydrogen (secondary N) is 1. The highest BCUT2D eigenvalue weighted by Crippen LogP contribution is 2.30. The van der Waals surface area contributed by atoms with Gasteiger partial charge in [0.05, 0.1) is 6.42 Å². The zero-order chi connectivity index (χ0) is 18.7. The molecule has 0 aliphatic carbocycles. The second-order valence-electron chi connectivity index (χ2n) is 6.24. The molecule has 1 amide bonds. The van der Waals surface area contributed by atoms with Crippen molar-refractivity contribution in [3.63, 3.8) is 0 Å². The average molecular weight is 384 g/mol. The number of aromatic nitrogens is 2. The first-order valence-corrected chi connectivity index (χ1v) is 9.19. The van der Waals surface area contributed by atoms with Gasteiger partial charge >= 0.3 is 6.18 Å². The predicted octanol–water partition coefficient (Wildman–Crippen LogP) is 3.19. The summed E-state index contributed by atoms with van der Waals surface area (Å²) in [4.78, 5) is 22.5. The smallest absolute Gasteiger partial charge is 0.356 e. The Bertz CT molecular complexity index is 756. The number of piperidine rings is 1. The van der Waals surface area contributed by atoms with Crippen molar-refractivity contribution in [1.29, 1.82) is 0 Å². The lowest BCUT2D eigenvalue weighted by molar-refractivity contribution is -0.141. The number of amides is 1. The molecule has 1 fully saturated rings. The van der Waals surface area contributed by atoms with Gasteiger partial charge in [-0.05, 0) is 31.2 Å². The fraction of sp³-hybridized carbons (Fsp3) is 0.471. The second kappa shape index (κ2) is 7.61. The molecule has 0 spiro atoms. The first kappa shape index (κ1) is 18.6. The third-order valence-electron chi connectivity index (χ3n) is 4.21. The van der Waals surface area contributed by atoms with Crippen LogP contribution in [-0.2, 0) is 17.4 Å². The van der Waals surface area contributed by atoms with Crippen LogP contribution < -0.4 is 10.2 Å². The molecule has 5 nitrogen and oxygen atoms in total. The number of alkyl halides is 3. The summed E-state index contributed by atoms with van der Waals surface area (Å²) in [6.07, 6.45) is -2.80. The molecule has 26 heavy (non-hydrogen) atoms. The topological polar surface area (TPSA) is 58.1 Å². The number of nitrogens with zero attached hydrogens (tertiary/aromatic N) is 3. The van der Waals surface area contributed by atoms with Gasteiger partial charge in [0.1, 0.15) is 17.3 Å². The number of carbonyl (C=O) groups is 1. The molecule has 0 atom stereocenters. The molecule has 3 rings (SSSR count). The van der Waals surface area contributed by atoms with Crippen LogP contribution in [0.25, 0.3) is 0 Å². The van der Waals surface area contributed by atoms with Crippen LogP contribution in [0.5, 0.6) is 0 Å². The first-order chi connectivity index (χ1) is 12.3. The summed E-state index contributed by atoms with van der Waals surface area (Å²) in [6.45, 7) is 2.53. The van der Waals surface area contributed by atoms with E-state index in [2.05, 4.69) is 15.3 Å². The Labute approximate surface area is 153 Å². The van der Waals surface area contributed by atoms with E-state index < -0.39 is 11.9 Å². The lowest BCUT2D eigenvalue weighted by atomic mass is 10.0. The molecule has 3 heterocycles. The lowest BCUT2D eigenvalue weighted by Crippen LogP contribution is -2.45. The summed E-state index contributed by atoms with van der Waals surface area (Å²) in [7, 11) is 0. The number of anilines is 1. The van der Waals surface area contributed by atoms with E-state index >= 15 is 0 Å². The summed E-state index contributed by atoms with van der Waals surface area (Å²) >= 11 is 1.54. The van der Waals surface area contributed by atoms with Gasteiger partial charge in [-0.15, -0.1) is 11.3 Å². The number of halogens is 3. The molecular weight excluding hydrogens is 365 g/mol. The molecular formula is C17H19F3N4OS. The van der Waals surface area contributed by atoms with E-state index in [-0.39, 0.29) is 23.6 Å². The highest BCUT2D eigenvalue weighted by Gasteiger charge is 2.34. The Balaban J connectivity index is 1.57. The molecule has 9 heteroatoms. The Kier molecular flexibility index (Phi) is 5.45. The van der Waals surface area contributed by atoms with E-state index in [1.54, 1.807) is 11.3 Å². The monoisotopic (exact) mass is 384 g/mol. The summed E-state index contributed by atoms with van der Waals surface area (Å²) in [5.74, 6) is 0.359. The van der Waals surface area contributed by atoms with Crippen LogP contribution in [0, 0.1) is 6.92 Å². The van der Waals surface area contributed by atoms with E-state index in [0.717, 1.165) is 10.9 Å². The molecule has 1 aliphatic rings. The van der Waals surface area contributed by atoms with E-state index in [4.69, 9.17) is 0 Å². The maximum Gasteiger partial charge on any atom is 0.433 e. The fourth-order valence-electron chi connectivity index (χ4n) is 2.96. The van der Waals surface area contributed by atoms with Crippen molar-refractivity contribution in [2.45, 2.75) is 38.4 Å². The Morgan fingerprint density at radius 3 is 2.69 bits per heavy atom. The van der Waals surface area contributed by atoms with Gasteiger partial charge in [0.25, 0.3) is 0 Å². The second-order valence-corrected chi connectivity index (χ2v) is 7.27. The molecule has 1 saturated heterocycles. The molecule has 2 aromatic rings. The minimum Gasteiger partial charge on any atom is -0.356 e. The molecule has 1 N–H and O–H groups in total. The number of hydrogen-bond acceptors (Lipinski definition) is 5. The molecule has 1 aliphatic heterocycles. The molecule has 2 aromatic heterocycles. The molecule has 0 bridgehead atoms. The Hall–Kier alpha value is -2.16. The van der Waals surface area contributed by atoms with Crippen LogP contribution in [-0.4, -0.2) is 35.0 Å². The quantitative estimate of drug-likeness (QED) is 0.880. The van der Waals surface area contributed by atoms with Crippen LogP contribution in [0.3, 0.4) is 0 Å². The highest BCUT2D eigenvalue weighted by atomic mass is 32.1. The zero-order valence-corrected chi connectivity index (χ0v) is 15.0. The van der Waals surface area contributed by atoms with Crippen LogP contribution in [0.15, 0.2) is 23.6 Å². The van der Waals surface area contributed by atoms with Gasteiger partial charge in [-0.2, -0.15) is 13.2 Å². The van der Waals surface area contributed by atoms with Gasteiger partial charge in [0.2, 0.25) is 5.91 Å². The van der Waals surface area contributed by atoms with E-state index in [1.807, 2.05) is 22.4 Å². The molecule has 140 valence electrons. The van der Waals surface area contributed by atoms with Crippen molar-refractivity contribution in [3.8, 4) is 0 Å². The number of hydrogen-bond donors (Lipinski definition) is 1. The Morgan fingerprint density at radius 1 is 1.35 bits per heavy atom. The molecule has 0 radical (unpaired) electrons. The maximum absolute atomic E-state index is 12.9. The van der Waals surface area contributed by atoms with Gasteiger partial charge in [0.15, 0.2) is 0 Å². The van der Waals surface area contributed by atoms with E-state index in [9.17, 15) is 18.0 Å². The molecule has 0 saturated carbocycles. The third-order valence-corrected chi connectivity index (χ3v) is 5.09. The minimum atomic E-state index is -4.49. The maximum atomic E-state index is 12.9. The van der Waals surface area contributed by atoms with Gasteiger partial charge in [-0.3, -0.25) is 4.79 Å². The summed E-state index contributed by atoms with van der Waals surface area (Å²) in [5, 5.41) is 4.94. The number of aryl methyl sites for hydroxylation is 1. The lowest BCUT2D eigenvalue weighted by Gasteiger charge is -2.33. The zero-order valence-electron chi connectivity index (χ0n) is 14.2. The van der Waals surface area contributed by atoms with Crippen LogP contribution in [0.4, 0.5) is 19.0 Å². The van der Waals surface area contributed by atoms with Crippen molar-refractivity contribution < 1.29 is 18.0 Å². The van der Waals surface area contributed by atoms with Crippen LogP contribution >= 0.6 is 11.3 Å². The first-order valence-electron chi connectivity index (χ1n) is 8.31. The summed E-state index contributed by atoms with van der Waals surface area (Å²) in [5.41, 5.74) is -0.925. The minimum absolute atomic E-state index is 0.0249. The number of carbonyl (C=O) groups excluding carboxylic acids is 1. The molecule has 0 unspecified atom stereocenters. The van der Waals surface area contributed by atoms with Crippen molar-refractivity contribution in [2.24, 2.45) is 0 Å². The largest absolute Gasteiger partial charge is 0.433 e.